The number of rotatable bonds is 4. The van der Waals surface area contributed by atoms with Crippen LogP contribution in [-0.2, 0) is 6.54 Å². The lowest BCUT2D eigenvalue weighted by Crippen LogP contribution is -2.22. The lowest BCUT2D eigenvalue weighted by Gasteiger charge is -2.22. The summed E-state index contributed by atoms with van der Waals surface area (Å²) in [5.41, 5.74) is 2.66. The highest BCUT2D eigenvalue weighted by molar-refractivity contribution is 6.30. The van der Waals surface area contributed by atoms with Crippen molar-refractivity contribution in [2.45, 2.75) is 26.8 Å². The van der Waals surface area contributed by atoms with Gasteiger partial charge in [-0.05, 0) is 36.6 Å². The first kappa shape index (κ1) is 12.7. The van der Waals surface area contributed by atoms with Crippen molar-refractivity contribution in [2.24, 2.45) is 5.92 Å². The summed E-state index contributed by atoms with van der Waals surface area (Å²) in [5.74, 6) is 0.793. The quantitative estimate of drug-likeness (QED) is 0.885. The predicted molar refractivity (Wildman–Crippen MR) is 74.8 cm³/mol. The van der Waals surface area contributed by atoms with Crippen LogP contribution in [0.4, 0.5) is 5.69 Å². The SMILES string of the molecule is CCNCc1ccc(Cl)cc1N1CCC(C)C1. The van der Waals surface area contributed by atoms with E-state index in [0.717, 1.165) is 37.1 Å². The van der Waals surface area contributed by atoms with E-state index in [2.05, 4.69) is 36.2 Å². The fourth-order valence-corrected chi connectivity index (χ4v) is 2.56. The molecule has 1 N–H and O–H groups in total. The second-order valence-corrected chi connectivity index (χ2v) is 5.33. The van der Waals surface area contributed by atoms with E-state index in [9.17, 15) is 0 Å². The molecule has 1 fully saturated rings. The molecule has 0 aliphatic carbocycles. The number of nitrogens with one attached hydrogen (secondary N) is 1. The molecule has 0 radical (unpaired) electrons. The molecule has 17 heavy (non-hydrogen) atoms. The molecule has 1 aromatic carbocycles. The summed E-state index contributed by atoms with van der Waals surface area (Å²) in [6.45, 7) is 8.68. The van der Waals surface area contributed by atoms with Gasteiger partial charge in [0.15, 0.2) is 0 Å². The minimum absolute atomic E-state index is 0.793. The topological polar surface area (TPSA) is 15.3 Å². The second-order valence-electron chi connectivity index (χ2n) is 4.89. The van der Waals surface area contributed by atoms with E-state index in [1.807, 2.05) is 6.07 Å². The zero-order chi connectivity index (χ0) is 12.3. The number of halogens is 1. The summed E-state index contributed by atoms with van der Waals surface area (Å²) in [6, 6.07) is 6.23. The molecule has 1 aliphatic heterocycles. The number of nitrogens with zero attached hydrogens (tertiary/aromatic N) is 1. The van der Waals surface area contributed by atoms with Gasteiger partial charge in [0.25, 0.3) is 0 Å². The number of hydrogen-bond acceptors (Lipinski definition) is 2. The van der Waals surface area contributed by atoms with Crippen LogP contribution in [0, 0.1) is 5.92 Å². The van der Waals surface area contributed by atoms with Crippen molar-refractivity contribution >= 4 is 17.3 Å². The minimum atomic E-state index is 0.793. The van der Waals surface area contributed by atoms with Crippen LogP contribution >= 0.6 is 11.6 Å². The first-order chi connectivity index (χ1) is 8.20. The van der Waals surface area contributed by atoms with Gasteiger partial charge in [-0.25, -0.2) is 0 Å². The van der Waals surface area contributed by atoms with E-state index in [4.69, 9.17) is 11.6 Å². The summed E-state index contributed by atoms with van der Waals surface area (Å²) in [4.78, 5) is 2.46. The summed E-state index contributed by atoms with van der Waals surface area (Å²) < 4.78 is 0. The van der Waals surface area contributed by atoms with Gasteiger partial charge in [0.05, 0.1) is 0 Å². The van der Waals surface area contributed by atoms with Crippen molar-refractivity contribution in [3.05, 3.63) is 28.8 Å². The molecular weight excluding hydrogens is 232 g/mol. The number of benzene rings is 1. The molecule has 0 spiro atoms. The Kier molecular flexibility index (Phi) is 4.30. The Balaban J connectivity index is 2.20. The smallest absolute Gasteiger partial charge is 0.0426 e. The maximum atomic E-state index is 6.12. The molecule has 0 saturated carbocycles. The van der Waals surface area contributed by atoms with Crippen LogP contribution in [0.2, 0.25) is 5.02 Å². The number of hydrogen-bond donors (Lipinski definition) is 1. The highest BCUT2D eigenvalue weighted by Crippen LogP contribution is 2.29. The van der Waals surface area contributed by atoms with E-state index in [1.54, 1.807) is 0 Å². The molecule has 0 amide bonds. The van der Waals surface area contributed by atoms with E-state index < -0.39 is 0 Å². The van der Waals surface area contributed by atoms with Gasteiger partial charge < -0.3 is 10.2 Å². The van der Waals surface area contributed by atoms with Crippen LogP contribution in [0.15, 0.2) is 18.2 Å². The van der Waals surface area contributed by atoms with Crippen molar-refractivity contribution < 1.29 is 0 Å². The summed E-state index contributed by atoms with van der Waals surface area (Å²) >= 11 is 6.12. The van der Waals surface area contributed by atoms with Crippen LogP contribution in [0.25, 0.3) is 0 Å². The molecule has 3 heteroatoms. The maximum Gasteiger partial charge on any atom is 0.0426 e. The van der Waals surface area contributed by atoms with E-state index in [1.165, 1.54) is 17.7 Å². The standard InChI is InChI=1S/C14H21ClN2/c1-3-16-9-12-4-5-13(15)8-14(12)17-7-6-11(2)10-17/h4-5,8,11,16H,3,6-7,9-10H2,1-2H3. The number of anilines is 1. The normalized spacial score (nSPS) is 19.9. The summed E-state index contributed by atoms with van der Waals surface area (Å²) in [7, 11) is 0. The molecule has 2 rings (SSSR count). The Bertz CT molecular complexity index is 378. The van der Waals surface area contributed by atoms with Crippen LogP contribution < -0.4 is 10.2 Å². The van der Waals surface area contributed by atoms with Gasteiger partial charge in [0.2, 0.25) is 0 Å². The lowest BCUT2D eigenvalue weighted by atomic mass is 10.1. The summed E-state index contributed by atoms with van der Waals surface area (Å²) in [6.07, 6.45) is 1.28. The third-order valence-electron chi connectivity index (χ3n) is 3.38. The van der Waals surface area contributed by atoms with Crippen molar-refractivity contribution in [1.82, 2.24) is 5.32 Å². The Morgan fingerprint density at radius 2 is 2.29 bits per heavy atom. The molecule has 2 nitrogen and oxygen atoms in total. The Morgan fingerprint density at radius 3 is 2.94 bits per heavy atom. The zero-order valence-corrected chi connectivity index (χ0v) is 11.4. The Hall–Kier alpha value is -0.730. The fourth-order valence-electron chi connectivity index (χ4n) is 2.39. The third-order valence-corrected chi connectivity index (χ3v) is 3.61. The van der Waals surface area contributed by atoms with Gasteiger partial charge in [-0.15, -0.1) is 0 Å². The Labute approximate surface area is 109 Å². The van der Waals surface area contributed by atoms with Gasteiger partial charge in [-0.1, -0.05) is 31.5 Å². The molecule has 1 aliphatic rings. The first-order valence-electron chi connectivity index (χ1n) is 6.44. The van der Waals surface area contributed by atoms with Gasteiger partial charge in [0.1, 0.15) is 0 Å². The highest BCUT2D eigenvalue weighted by Gasteiger charge is 2.20. The molecule has 1 heterocycles. The van der Waals surface area contributed by atoms with Gasteiger partial charge in [-0.3, -0.25) is 0 Å². The third kappa shape index (κ3) is 3.14. The van der Waals surface area contributed by atoms with E-state index >= 15 is 0 Å². The average molecular weight is 253 g/mol. The van der Waals surface area contributed by atoms with Gasteiger partial charge in [-0.2, -0.15) is 0 Å². The van der Waals surface area contributed by atoms with Crippen molar-refractivity contribution in [2.75, 3.05) is 24.5 Å². The zero-order valence-electron chi connectivity index (χ0n) is 10.7. The molecule has 0 aromatic heterocycles. The van der Waals surface area contributed by atoms with Gasteiger partial charge >= 0.3 is 0 Å². The lowest BCUT2D eigenvalue weighted by molar-refractivity contribution is 0.658. The molecule has 1 saturated heterocycles. The highest BCUT2D eigenvalue weighted by atomic mass is 35.5. The van der Waals surface area contributed by atoms with Crippen molar-refractivity contribution in [3.63, 3.8) is 0 Å². The maximum absolute atomic E-state index is 6.12. The van der Waals surface area contributed by atoms with Crippen molar-refractivity contribution in [1.29, 1.82) is 0 Å². The predicted octanol–water partition coefficient (Wildman–Crippen LogP) is 3.30. The molecule has 0 bridgehead atoms. The van der Waals surface area contributed by atoms with E-state index in [0.29, 0.717) is 0 Å². The molecule has 1 unspecified atom stereocenters. The molecule has 1 atom stereocenters. The minimum Gasteiger partial charge on any atom is -0.371 e. The van der Waals surface area contributed by atoms with Crippen LogP contribution in [0.5, 0.6) is 0 Å². The van der Waals surface area contributed by atoms with Crippen LogP contribution in [-0.4, -0.2) is 19.6 Å². The van der Waals surface area contributed by atoms with Crippen molar-refractivity contribution in [3.8, 4) is 0 Å². The molecule has 94 valence electrons. The van der Waals surface area contributed by atoms with Crippen LogP contribution in [0.1, 0.15) is 25.8 Å². The molecular formula is C14H21ClN2. The summed E-state index contributed by atoms with van der Waals surface area (Å²) in [5, 5.41) is 4.22. The fraction of sp³-hybridized carbons (Fsp3) is 0.571. The second kappa shape index (κ2) is 5.74. The van der Waals surface area contributed by atoms with E-state index in [-0.39, 0.29) is 0 Å². The first-order valence-corrected chi connectivity index (χ1v) is 6.82. The Morgan fingerprint density at radius 1 is 1.47 bits per heavy atom. The van der Waals surface area contributed by atoms with Gasteiger partial charge in [0, 0.05) is 30.3 Å². The monoisotopic (exact) mass is 252 g/mol. The van der Waals surface area contributed by atoms with Crippen LogP contribution in [0.3, 0.4) is 0 Å². The molecule has 1 aromatic rings. The largest absolute Gasteiger partial charge is 0.371 e. The average Bonchev–Trinajstić information content (AvgIpc) is 2.74.